The molecule has 16 heavy (non-hydrogen) atoms. The van der Waals surface area contributed by atoms with Gasteiger partial charge in [-0.05, 0) is 6.92 Å². The van der Waals surface area contributed by atoms with Gasteiger partial charge in [0.05, 0.1) is 23.8 Å². The van der Waals surface area contributed by atoms with Crippen molar-refractivity contribution >= 4 is 23.3 Å². The number of aromatic nitrogens is 1. The van der Waals surface area contributed by atoms with Crippen molar-refractivity contribution < 1.29 is 9.59 Å². The van der Waals surface area contributed by atoms with E-state index in [0.717, 1.165) is 5.01 Å². The predicted octanol–water partition coefficient (Wildman–Crippen LogP) is 0.509. The van der Waals surface area contributed by atoms with E-state index >= 15 is 0 Å². The van der Waals surface area contributed by atoms with Crippen LogP contribution in [0.1, 0.15) is 14.7 Å². The standard InChI is InChI=1S/C9H8N4O2S/c1-5-11-3-7(16-5)8(14)12-9(15)13-4-6(13)2-10/h3,6H,4H2,1H3,(H,12,14,15). The molecule has 1 N–H and O–H groups in total. The second-order valence-corrected chi connectivity index (χ2v) is 4.53. The van der Waals surface area contributed by atoms with Gasteiger partial charge >= 0.3 is 6.03 Å². The van der Waals surface area contributed by atoms with Gasteiger partial charge in [0.25, 0.3) is 5.91 Å². The summed E-state index contributed by atoms with van der Waals surface area (Å²) in [6.07, 6.45) is 1.42. The highest BCUT2D eigenvalue weighted by atomic mass is 32.1. The zero-order valence-electron chi connectivity index (χ0n) is 8.43. The third-order valence-corrected chi connectivity index (χ3v) is 3.00. The number of hydrogen-bond donors (Lipinski definition) is 1. The van der Waals surface area contributed by atoms with Crippen LogP contribution < -0.4 is 5.32 Å². The number of rotatable bonds is 1. The molecule has 1 aromatic rings. The van der Waals surface area contributed by atoms with Gasteiger partial charge in [-0.25, -0.2) is 9.78 Å². The Morgan fingerprint density at radius 2 is 2.50 bits per heavy atom. The van der Waals surface area contributed by atoms with Gasteiger partial charge in [0.1, 0.15) is 10.9 Å². The van der Waals surface area contributed by atoms with Crippen LogP contribution in [0.15, 0.2) is 6.20 Å². The van der Waals surface area contributed by atoms with Crippen molar-refractivity contribution in [2.75, 3.05) is 6.54 Å². The quantitative estimate of drug-likeness (QED) is 0.720. The Morgan fingerprint density at radius 3 is 3.00 bits per heavy atom. The average molecular weight is 236 g/mol. The lowest BCUT2D eigenvalue weighted by Crippen LogP contribution is -2.34. The Kier molecular flexibility index (Phi) is 2.58. The molecule has 1 aliphatic rings. The maximum Gasteiger partial charge on any atom is 0.325 e. The SMILES string of the molecule is Cc1ncc(C(=O)NC(=O)N2CC2C#N)s1. The maximum atomic E-state index is 11.5. The molecular weight excluding hydrogens is 228 g/mol. The van der Waals surface area contributed by atoms with Crippen molar-refractivity contribution in [3.8, 4) is 6.07 Å². The monoisotopic (exact) mass is 236 g/mol. The Bertz CT molecular complexity index is 490. The minimum Gasteiger partial charge on any atom is -0.303 e. The average Bonchev–Trinajstić information content (AvgIpc) is 2.93. The number of urea groups is 1. The molecule has 2 heterocycles. The van der Waals surface area contributed by atoms with Gasteiger partial charge in [0.2, 0.25) is 0 Å². The number of amides is 3. The number of thiazole rings is 1. The summed E-state index contributed by atoms with van der Waals surface area (Å²) < 4.78 is 0. The smallest absolute Gasteiger partial charge is 0.303 e. The molecule has 2 rings (SSSR count). The number of nitrogens with one attached hydrogen (secondary N) is 1. The zero-order valence-corrected chi connectivity index (χ0v) is 9.24. The molecule has 0 bridgehead atoms. The van der Waals surface area contributed by atoms with Crippen molar-refractivity contribution in [1.82, 2.24) is 15.2 Å². The van der Waals surface area contributed by atoms with Crippen molar-refractivity contribution in [2.24, 2.45) is 0 Å². The molecule has 1 unspecified atom stereocenters. The number of nitrogens with zero attached hydrogens (tertiary/aromatic N) is 3. The van der Waals surface area contributed by atoms with Crippen LogP contribution in [0.2, 0.25) is 0 Å². The molecule has 0 aromatic carbocycles. The molecule has 0 radical (unpaired) electrons. The molecule has 1 aromatic heterocycles. The lowest BCUT2D eigenvalue weighted by molar-refractivity contribution is 0.0964. The Balaban J connectivity index is 1.94. The predicted molar refractivity (Wildman–Crippen MR) is 55.8 cm³/mol. The Hall–Kier alpha value is -1.94. The summed E-state index contributed by atoms with van der Waals surface area (Å²) in [5.74, 6) is -0.473. The molecule has 0 spiro atoms. The molecular formula is C9H8N4O2S. The molecule has 1 aliphatic heterocycles. The van der Waals surface area contributed by atoms with E-state index in [-0.39, 0.29) is 0 Å². The summed E-state index contributed by atoms with van der Waals surface area (Å²) in [7, 11) is 0. The van der Waals surface area contributed by atoms with Crippen molar-refractivity contribution in [1.29, 1.82) is 5.26 Å². The molecule has 7 heteroatoms. The fourth-order valence-electron chi connectivity index (χ4n) is 1.17. The minimum atomic E-state index is -0.525. The third kappa shape index (κ3) is 2.01. The normalized spacial score (nSPS) is 17.8. The van der Waals surface area contributed by atoms with E-state index in [0.29, 0.717) is 11.4 Å². The lowest BCUT2D eigenvalue weighted by Gasteiger charge is -2.01. The van der Waals surface area contributed by atoms with Gasteiger partial charge in [-0.1, -0.05) is 0 Å². The lowest BCUT2D eigenvalue weighted by atomic mass is 10.5. The van der Waals surface area contributed by atoms with Crippen molar-refractivity contribution in [2.45, 2.75) is 13.0 Å². The molecule has 1 atom stereocenters. The summed E-state index contributed by atoms with van der Waals surface area (Å²) >= 11 is 1.22. The fourth-order valence-corrected chi connectivity index (χ4v) is 1.84. The molecule has 82 valence electrons. The molecule has 1 saturated heterocycles. The first-order valence-electron chi connectivity index (χ1n) is 4.56. The molecule has 0 aliphatic carbocycles. The number of nitriles is 1. The van der Waals surface area contributed by atoms with Crippen molar-refractivity contribution in [3.05, 3.63) is 16.1 Å². The fraction of sp³-hybridized carbons (Fsp3) is 0.333. The number of hydrogen-bond acceptors (Lipinski definition) is 5. The Morgan fingerprint density at radius 1 is 1.75 bits per heavy atom. The van der Waals surface area contributed by atoms with Crippen LogP contribution in [0.25, 0.3) is 0 Å². The van der Waals surface area contributed by atoms with Gasteiger partial charge < -0.3 is 4.90 Å². The summed E-state index contributed by atoms with van der Waals surface area (Å²) in [4.78, 5) is 28.5. The van der Waals surface area contributed by atoms with E-state index in [1.807, 2.05) is 6.07 Å². The first-order valence-corrected chi connectivity index (χ1v) is 5.37. The van der Waals surface area contributed by atoms with E-state index in [9.17, 15) is 9.59 Å². The van der Waals surface area contributed by atoms with Gasteiger partial charge in [0, 0.05) is 0 Å². The van der Waals surface area contributed by atoms with E-state index in [4.69, 9.17) is 5.26 Å². The van der Waals surface area contributed by atoms with Crippen LogP contribution in [0.3, 0.4) is 0 Å². The molecule has 3 amide bonds. The summed E-state index contributed by atoms with van der Waals surface area (Å²) in [6.45, 7) is 2.16. The maximum absolute atomic E-state index is 11.5. The van der Waals surface area contributed by atoms with Crippen LogP contribution >= 0.6 is 11.3 Å². The molecule has 0 saturated carbocycles. The molecule has 1 fully saturated rings. The van der Waals surface area contributed by atoms with Gasteiger partial charge in [-0.2, -0.15) is 5.26 Å². The first kappa shape index (κ1) is 10.6. The first-order chi connectivity index (χ1) is 7.61. The highest BCUT2D eigenvalue weighted by molar-refractivity contribution is 7.13. The zero-order chi connectivity index (χ0) is 11.7. The largest absolute Gasteiger partial charge is 0.325 e. The van der Waals surface area contributed by atoms with Crippen LogP contribution in [-0.4, -0.2) is 34.4 Å². The highest BCUT2D eigenvalue weighted by Gasteiger charge is 2.39. The van der Waals surface area contributed by atoms with Crippen LogP contribution in [-0.2, 0) is 0 Å². The second-order valence-electron chi connectivity index (χ2n) is 3.30. The topological polar surface area (TPSA) is 85.9 Å². The van der Waals surface area contributed by atoms with Crippen molar-refractivity contribution in [3.63, 3.8) is 0 Å². The summed E-state index contributed by atoms with van der Waals surface area (Å²) in [5, 5.41) is 11.5. The van der Waals surface area contributed by atoms with Crippen LogP contribution in [0, 0.1) is 18.3 Å². The van der Waals surface area contributed by atoms with Gasteiger partial charge in [-0.3, -0.25) is 10.1 Å². The number of imide groups is 1. The third-order valence-electron chi connectivity index (χ3n) is 2.09. The van der Waals surface area contributed by atoms with E-state index in [1.165, 1.54) is 22.4 Å². The van der Waals surface area contributed by atoms with E-state index < -0.39 is 18.0 Å². The number of carbonyl (C=O) groups excluding carboxylic acids is 2. The van der Waals surface area contributed by atoms with Gasteiger partial charge in [-0.15, -0.1) is 11.3 Å². The highest BCUT2D eigenvalue weighted by Crippen LogP contribution is 2.16. The number of carbonyl (C=O) groups is 2. The van der Waals surface area contributed by atoms with Crippen LogP contribution in [0.5, 0.6) is 0 Å². The van der Waals surface area contributed by atoms with Crippen LogP contribution in [0.4, 0.5) is 4.79 Å². The summed E-state index contributed by atoms with van der Waals surface area (Å²) in [6, 6.07) is 1.01. The summed E-state index contributed by atoms with van der Waals surface area (Å²) in [5.41, 5.74) is 0. The molecule has 6 nitrogen and oxygen atoms in total. The van der Waals surface area contributed by atoms with E-state index in [2.05, 4.69) is 10.3 Å². The Labute approximate surface area is 95.5 Å². The second kappa shape index (κ2) is 3.90. The number of aryl methyl sites for hydroxylation is 1. The van der Waals surface area contributed by atoms with E-state index in [1.54, 1.807) is 6.92 Å². The van der Waals surface area contributed by atoms with Gasteiger partial charge in [0.15, 0.2) is 0 Å². The minimum absolute atomic E-state index is 0.386.